The highest BCUT2D eigenvalue weighted by molar-refractivity contribution is 7.81. The van der Waals surface area contributed by atoms with Crippen molar-refractivity contribution >= 4 is 31.3 Å². The van der Waals surface area contributed by atoms with Crippen molar-refractivity contribution in [1.29, 1.82) is 0 Å². The third-order valence-corrected chi connectivity index (χ3v) is 9.93. The summed E-state index contributed by atoms with van der Waals surface area (Å²) in [6, 6.07) is 4.70. The Balaban J connectivity index is 2.42. The molecule has 0 N–H and O–H groups in total. The lowest BCUT2D eigenvalue weighted by Crippen LogP contribution is -2.42. The molecule has 1 aliphatic carbocycles. The first-order valence-electron chi connectivity index (χ1n) is 12.3. The minimum absolute atomic E-state index is 0.00818. The van der Waals surface area contributed by atoms with Crippen molar-refractivity contribution in [2.75, 3.05) is 0 Å². The number of rotatable bonds is 3. The van der Waals surface area contributed by atoms with Crippen molar-refractivity contribution < 1.29 is 0 Å². The third-order valence-electron chi connectivity index (χ3n) is 8.98. The Morgan fingerprint density at radius 1 is 0.848 bits per heavy atom. The molecule has 1 aliphatic rings. The van der Waals surface area contributed by atoms with Crippen molar-refractivity contribution in [2.24, 2.45) is 5.41 Å². The second kappa shape index (κ2) is 8.23. The number of aryl methyl sites for hydroxylation is 2. The SMILES string of the molecule is C/C=C\c1c(S)c2c(c(S)c1Cc1cc(C)cc(C)c1C(C)(C)C)C(C)(C)C(C)(C)C2(C)C. The summed E-state index contributed by atoms with van der Waals surface area (Å²) in [6.07, 6.45) is 5.25. The molecule has 33 heavy (non-hydrogen) atoms. The van der Waals surface area contributed by atoms with Crippen molar-refractivity contribution in [3.8, 4) is 0 Å². The topological polar surface area (TPSA) is 0 Å². The van der Waals surface area contributed by atoms with Gasteiger partial charge < -0.3 is 0 Å². The molecule has 0 heterocycles. The van der Waals surface area contributed by atoms with Crippen LogP contribution in [-0.2, 0) is 22.7 Å². The highest BCUT2D eigenvalue weighted by atomic mass is 32.1. The molecule has 0 saturated carbocycles. The Hall–Kier alpha value is -1.12. The Morgan fingerprint density at radius 2 is 1.36 bits per heavy atom. The lowest BCUT2D eigenvalue weighted by Gasteiger charge is -2.44. The van der Waals surface area contributed by atoms with Gasteiger partial charge in [-0.25, -0.2) is 0 Å². The first-order valence-corrected chi connectivity index (χ1v) is 13.2. The Kier molecular flexibility index (Phi) is 6.60. The molecule has 0 fully saturated rings. The van der Waals surface area contributed by atoms with E-state index in [9.17, 15) is 0 Å². The monoisotopic (exact) mass is 480 g/mol. The number of thiol groups is 2. The van der Waals surface area contributed by atoms with Crippen LogP contribution in [0.4, 0.5) is 0 Å². The molecule has 0 aromatic heterocycles. The molecular formula is C31H44S2. The van der Waals surface area contributed by atoms with Gasteiger partial charge in [0.2, 0.25) is 0 Å². The second-order valence-corrected chi connectivity index (χ2v) is 13.7. The van der Waals surface area contributed by atoms with Crippen LogP contribution in [0.5, 0.6) is 0 Å². The quantitative estimate of drug-likeness (QED) is 0.402. The molecule has 3 rings (SSSR count). The molecule has 2 aromatic rings. The molecule has 0 aliphatic heterocycles. The van der Waals surface area contributed by atoms with Crippen LogP contribution >= 0.6 is 25.3 Å². The zero-order chi connectivity index (χ0) is 25.3. The zero-order valence-corrected chi connectivity index (χ0v) is 24.7. The Bertz CT molecular complexity index is 1130. The number of fused-ring (bicyclic) bond motifs is 1. The van der Waals surface area contributed by atoms with E-state index in [4.69, 9.17) is 25.3 Å². The molecule has 0 bridgehead atoms. The zero-order valence-electron chi connectivity index (χ0n) is 22.9. The van der Waals surface area contributed by atoms with Crippen LogP contribution < -0.4 is 0 Å². The van der Waals surface area contributed by atoms with E-state index in [2.05, 4.69) is 107 Å². The van der Waals surface area contributed by atoms with Gasteiger partial charge >= 0.3 is 0 Å². The average Bonchev–Trinajstić information content (AvgIpc) is 2.75. The van der Waals surface area contributed by atoms with Crippen molar-refractivity contribution in [3.05, 3.63) is 62.7 Å². The highest BCUT2D eigenvalue weighted by Crippen LogP contribution is 2.65. The summed E-state index contributed by atoms with van der Waals surface area (Å²) in [5.74, 6) is 0. The largest absolute Gasteiger partial charge is 0.143 e. The summed E-state index contributed by atoms with van der Waals surface area (Å²) in [5.41, 5.74) is 11.0. The van der Waals surface area contributed by atoms with E-state index < -0.39 is 0 Å². The lowest BCUT2D eigenvalue weighted by atomic mass is 9.59. The fourth-order valence-corrected chi connectivity index (χ4v) is 7.59. The molecule has 180 valence electrons. The molecule has 0 saturated heterocycles. The number of benzene rings is 2. The van der Waals surface area contributed by atoms with Gasteiger partial charge in [0.1, 0.15) is 0 Å². The predicted molar refractivity (Wildman–Crippen MR) is 153 cm³/mol. The van der Waals surface area contributed by atoms with Crippen LogP contribution in [0.15, 0.2) is 28.0 Å². The summed E-state index contributed by atoms with van der Waals surface area (Å²) in [4.78, 5) is 2.28. The van der Waals surface area contributed by atoms with Gasteiger partial charge in [0.05, 0.1) is 0 Å². The van der Waals surface area contributed by atoms with Gasteiger partial charge in [-0.3, -0.25) is 0 Å². The normalized spacial score (nSPS) is 18.7. The van der Waals surface area contributed by atoms with Gasteiger partial charge in [-0.05, 0) is 87.8 Å². The van der Waals surface area contributed by atoms with E-state index in [1.165, 1.54) is 44.5 Å². The first-order chi connectivity index (χ1) is 14.9. The maximum Gasteiger partial charge on any atom is 0.0157 e. The van der Waals surface area contributed by atoms with Crippen molar-refractivity contribution in [1.82, 2.24) is 0 Å². The van der Waals surface area contributed by atoms with Crippen LogP contribution in [0.25, 0.3) is 6.08 Å². The molecule has 0 spiro atoms. The summed E-state index contributed by atoms with van der Waals surface area (Å²) in [7, 11) is 0. The Morgan fingerprint density at radius 3 is 1.85 bits per heavy atom. The second-order valence-electron chi connectivity index (χ2n) is 12.8. The average molecular weight is 481 g/mol. The van der Waals surface area contributed by atoms with Gasteiger partial charge in [-0.2, -0.15) is 0 Å². The molecule has 0 nitrogen and oxygen atoms in total. The Labute approximate surface area is 214 Å². The smallest absolute Gasteiger partial charge is 0.0157 e. The summed E-state index contributed by atoms with van der Waals surface area (Å²) in [6.45, 7) is 27.9. The minimum Gasteiger partial charge on any atom is -0.143 e. The predicted octanol–water partition coefficient (Wildman–Crippen LogP) is 9.40. The summed E-state index contributed by atoms with van der Waals surface area (Å²) < 4.78 is 0. The fraction of sp³-hybridized carbons (Fsp3) is 0.548. The van der Waals surface area contributed by atoms with Gasteiger partial charge in [-0.15, -0.1) is 25.3 Å². The van der Waals surface area contributed by atoms with E-state index in [-0.39, 0.29) is 21.7 Å². The van der Waals surface area contributed by atoms with Gasteiger partial charge in [-0.1, -0.05) is 92.2 Å². The van der Waals surface area contributed by atoms with Crippen LogP contribution in [0, 0.1) is 19.3 Å². The molecule has 0 amide bonds. The number of hydrogen-bond donors (Lipinski definition) is 2. The maximum absolute atomic E-state index is 5.30. The highest BCUT2D eigenvalue weighted by Gasteiger charge is 2.58. The van der Waals surface area contributed by atoms with Gasteiger partial charge in [0.15, 0.2) is 0 Å². The molecule has 2 heteroatoms. The van der Waals surface area contributed by atoms with Crippen molar-refractivity contribution in [2.45, 2.75) is 116 Å². The minimum atomic E-state index is -0.0149. The third kappa shape index (κ3) is 3.84. The first kappa shape index (κ1) is 26.5. The van der Waals surface area contributed by atoms with Crippen LogP contribution in [0.2, 0.25) is 0 Å². The van der Waals surface area contributed by atoms with Crippen LogP contribution in [0.1, 0.15) is 114 Å². The summed E-state index contributed by atoms with van der Waals surface area (Å²) in [5, 5.41) is 0. The van der Waals surface area contributed by atoms with Crippen molar-refractivity contribution in [3.63, 3.8) is 0 Å². The van der Waals surface area contributed by atoms with E-state index in [0.717, 1.165) is 16.2 Å². The standard InChI is InChI=1S/C31H44S2/c1-13-14-21-22(17-20-16-18(2)15-19(3)23(20)28(4,5)6)27(33)25-24(26(21)32)29(7,8)31(11,12)30(25,9)10/h13-16,32-33H,17H2,1-12H3/b14-13-. The van der Waals surface area contributed by atoms with E-state index in [1.807, 2.05) is 0 Å². The fourth-order valence-electron chi connectivity index (χ4n) is 6.40. The lowest BCUT2D eigenvalue weighted by molar-refractivity contribution is 0.123. The van der Waals surface area contributed by atoms with E-state index >= 15 is 0 Å². The van der Waals surface area contributed by atoms with Crippen LogP contribution in [0.3, 0.4) is 0 Å². The summed E-state index contributed by atoms with van der Waals surface area (Å²) >= 11 is 10.5. The van der Waals surface area contributed by atoms with Gasteiger partial charge in [0.25, 0.3) is 0 Å². The van der Waals surface area contributed by atoms with E-state index in [0.29, 0.717) is 0 Å². The molecule has 0 radical (unpaired) electrons. The molecule has 2 aromatic carbocycles. The van der Waals surface area contributed by atoms with Crippen LogP contribution in [-0.4, -0.2) is 0 Å². The van der Waals surface area contributed by atoms with Gasteiger partial charge in [0, 0.05) is 9.79 Å². The van der Waals surface area contributed by atoms with E-state index in [1.54, 1.807) is 0 Å². The molecular weight excluding hydrogens is 436 g/mol. The number of allylic oxidation sites excluding steroid dienone is 1. The maximum atomic E-state index is 5.30. The molecule has 0 atom stereocenters. The molecule has 0 unspecified atom stereocenters. The number of hydrogen-bond acceptors (Lipinski definition) is 2.